The van der Waals surface area contributed by atoms with Crippen molar-refractivity contribution in [2.24, 2.45) is 11.3 Å². The number of hydrogen-bond donors (Lipinski definition) is 1. The third kappa shape index (κ3) is 3.37. The second-order valence-electron chi connectivity index (χ2n) is 8.19. The molecule has 2 aliphatic rings. The van der Waals surface area contributed by atoms with Crippen LogP contribution >= 0.6 is 0 Å². The molecule has 1 aliphatic heterocycles. The standard InChI is InChI=1S/C22H23N5O2/c28-20(18-13-23-19-7-4-10-25-27(18)19)26-14-22(15-26,11-16-5-2-1-3-6-16)21(29)24-12-17-8-9-17/h1-7,10,13,17H,8-9,11-12,14-15H2,(H,24,29). The van der Waals surface area contributed by atoms with Gasteiger partial charge in [-0.3, -0.25) is 9.59 Å². The number of likely N-dealkylation sites (tertiary alicyclic amines) is 1. The van der Waals surface area contributed by atoms with E-state index >= 15 is 0 Å². The Morgan fingerprint density at radius 3 is 2.66 bits per heavy atom. The third-order valence-electron chi connectivity index (χ3n) is 5.89. The molecule has 7 nitrogen and oxygen atoms in total. The first kappa shape index (κ1) is 17.8. The van der Waals surface area contributed by atoms with E-state index in [2.05, 4.69) is 15.4 Å². The molecule has 2 fully saturated rings. The lowest BCUT2D eigenvalue weighted by Crippen LogP contribution is -2.65. The van der Waals surface area contributed by atoms with Crippen molar-refractivity contribution >= 4 is 17.5 Å². The molecule has 3 aromatic rings. The van der Waals surface area contributed by atoms with Gasteiger partial charge in [-0.15, -0.1) is 0 Å². The van der Waals surface area contributed by atoms with E-state index < -0.39 is 5.41 Å². The smallest absolute Gasteiger partial charge is 0.274 e. The molecule has 1 aliphatic carbocycles. The number of carbonyl (C=O) groups excluding carboxylic acids is 2. The van der Waals surface area contributed by atoms with Gasteiger partial charge in [0.1, 0.15) is 0 Å². The van der Waals surface area contributed by atoms with E-state index in [4.69, 9.17) is 0 Å². The number of nitrogens with one attached hydrogen (secondary N) is 1. The second kappa shape index (κ2) is 6.99. The Labute approximate surface area is 168 Å². The average Bonchev–Trinajstić information content (AvgIpc) is 3.45. The predicted octanol–water partition coefficient (Wildman–Crippen LogP) is 1.94. The number of aromatic nitrogens is 3. The highest BCUT2D eigenvalue weighted by molar-refractivity contribution is 5.96. The molecule has 0 spiro atoms. The van der Waals surface area contributed by atoms with E-state index in [9.17, 15) is 9.59 Å². The Bertz CT molecular complexity index is 1050. The first-order chi connectivity index (χ1) is 14.1. The second-order valence-corrected chi connectivity index (χ2v) is 8.19. The maximum atomic E-state index is 13.1. The molecule has 2 aromatic heterocycles. The maximum absolute atomic E-state index is 13.1. The predicted molar refractivity (Wildman–Crippen MR) is 107 cm³/mol. The summed E-state index contributed by atoms with van der Waals surface area (Å²) < 4.78 is 1.55. The molecule has 3 heterocycles. The van der Waals surface area contributed by atoms with Gasteiger partial charge in [0.2, 0.25) is 5.91 Å². The monoisotopic (exact) mass is 389 g/mol. The molecule has 0 bridgehead atoms. The van der Waals surface area contributed by atoms with Gasteiger partial charge in [-0.1, -0.05) is 30.3 Å². The van der Waals surface area contributed by atoms with E-state index in [1.165, 1.54) is 12.8 Å². The minimum Gasteiger partial charge on any atom is -0.355 e. The molecule has 5 rings (SSSR count). The van der Waals surface area contributed by atoms with Gasteiger partial charge in [0.25, 0.3) is 5.91 Å². The first-order valence-electron chi connectivity index (χ1n) is 10.0. The molecule has 1 saturated heterocycles. The fourth-order valence-electron chi connectivity index (χ4n) is 4.03. The summed E-state index contributed by atoms with van der Waals surface area (Å²) in [5, 5.41) is 7.35. The van der Waals surface area contributed by atoms with E-state index in [0.29, 0.717) is 36.8 Å². The van der Waals surface area contributed by atoms with Crippen LogP contribution in [0.3, 0.4) is 0 Å². The molecule has 148 valence electrons. The molecular formula is C22H23N5O2. The zero-order chi connectivity index (χ0) is 19.8. The van der Waals surface area contributed by atoms with E-state index in [-0.39, 0.29) is 11.8 Å². The highest BCUT2D eigenvalue weighted by atomic mass is 16.2. The maximum Gasteiger partial charge on any atom is 0.274 e. The van der Waals surface area contributed by atoms with Crippen molar-refractivity contribution in [2.75, 3.05) is 19.6 Å². The van der Waals surface area contributed by atoms with Gasteiger partial charge >= 0.3 is 0 Å². The van der Waals surface area contributed by atoms with Gasteiger partial charge in [-0.25, -0.2) is 9.50 Å². The number of fused-ring (bicyclic) bond motifs is 1. The molecule has 7 heteroatoms. The van der Waals surface area contributed by atoms with Gasteiger partial charge in [0, 0.05) is 25.8 Å². The summed E-state index contributed by atoms with van der Waals surface area (Å²) in [7, 11) is 0. The highest BCUT2D eigenvalue weighted by Gasteiger charge is 2.51. The lowest BCUT2D eigenvalue weighted by Gasteiger charge is -2.48. The number of rotatable bonds is 6. The number of hydrogen-bond acceptors (Lipinski definition) is 4. The Hall–Kier alpha value is -3.22. The van der Waals surface area contributed by atoms with Crippen LogP contribution in [0.5, 0.6) is 0 Å². The molecular weight excluding hydrogens is 366 g/mol. The Morgan fingerprint density at radius 2 is 1.90 bits per heavy atom. The Balaban J connectivity index is 1.35. The summed E-state index contributed by atoms with van der Waals surface area (Å²) in [5.41, 5.74) is 1.58. The number of imidazole rings is 1. The van der Waals surface area contributed by atoms with Crippen LogP contribution in [0.2, 0.25) is 0 Å². The highest BCUT2D eigenvalue weighted by Crippen LogP contribution is 2.36. The number of benzene rings is 1. The van der Waals surface area contributed by atoms with Gasteiger partial charge in [0.05, 0.1) is 11.6 Å². The fourth-order valence-corrected chi connectivity index (χ4v) is 4.03. The third-order valence-corrected chi connectivity index (χ3v) is 5.89. The minimum absolute atomic E-state index is 0.0496. The molecule has 1 N–H and O–H groups in total. The van der Waals surface area contributed by atoms with Crippen LogP contribution in [0.4, 0.5) is 0 Å². The van der Waals surface area contributed by atoms with Crippen LogP contribution in [-0.4, -0.2) is 50.9 Å². The molecule has 0 unspecified atom stereocenters. The van der Waals surface area contributed by atoms with Crippen molar-refractivity contribution in [1.29, 1.82) is 0 Å². The summed E-state index contributed by atoms with van der Waals surface area (Å²) in [6.07, 6.45) is 6.19. The van der Waals surface area contributed by atoms with E-state index in [1.54, 1.807) is 27.9 Å². The molecule has 0 radical (unpaired) electrons. The topological polar surface area (TPSA) is 79.6 Å². The first-order valence-corrected chi connectivity index (χ1v) is 10.0. The van der Waals surface area contributed by atoms with Crippen molar-refractivity contribution in [3.63, 3.8) is 0 Å². The SMILES string of the molecule is O=C(c1cnc2cccnn12)N1CC(Cc2ccccc2)(C(=O)NCC2CC2)C1. The van der Waals surface area contributed by atoms with Crippen molar-refractivity contribution in [3.05, 3.63) is 66.1 Å². The van der Waals surface area contributed by atoms with Crippen LogP contribution < -0.4 is 5.32 Å². The van der Waals surface area contributed by atoms with Gasteiger partial charge in [-0.05, 0) is 42.9 Å². The van der Waals surface area contributed by atoms with Crippen LogP contribution in [0.15, 0.2) is 54.9 Å². The normalized spacial score (nSPS) is 17.7. The summed E-state index contributed by atoms with van der Waals surface area (Å²) >= 11 is 0. The van der Waals surface area contributed by atoms with Crippen molar-refractivity contribution in [3.8, 4) is 0 Å². The van der Waals surface area contributed by atoms with E-state index in [0.717, 1.165) is 12.1 Å². The Morgan fingerprint density at radius 1 is 1.10 bits per heavy atom. The van der Waals surface area contributed by atoms with Crippen LogP contribution in [0.1, 0.15) is 28.9 Å². The fraction of sp³-hybridized carbons (Fsp3) is 0.364. The minimum atomic E-state index is -0.584. The average molecular weight is 389 g/mol. The quantitative estimate of drug-likeness (QED) is 0.699. The zero-order valence-corrected chi connectivity index (χ0v) is 16.1. The number of carbonyl (C=O) groups is 2. The summed E-state index contributed by atoms with van der Waals surface area (Å²) in [5.74, 6) is 0.526. The largest absolute Gasteiger partial charge is 0.355 e. The molecule has 0 atom stereocenters. The van der Waals surface area contributed by atoms with Crippen LogP contribution in [0.25, 0.3) is 5.65 Å². The van der Waals surface area contributed by atoms with Gasteiger partial charge in [0.15, 0.2) is 11.3 Å². The summed E-state index contributed by atoms with van der Waals surface area (Å²) in [4.78, 5) is 32.1. The Kier molecular flexibility index (Phi) is 4.30. The van der Waals surface area contributed by atoms with Gasteiger partial charge < -0.3 is 10.2 Å². The number of nitrogens with zero attached hydrogens (tertiary/aromatic N) is 4. The van der Waals surface area contributed by atoms with E-state index in [1.807, 2.05) is 36.4 Å². The summed E-state index contributed by atoms with van der Waals surface area (Å²) in [6, 6.07) is 13.6. The summed E-state index contributed by atoms with van der Waals surface area (Å²) in [6.45, 7) is 1.54. The van der Waals surface area contributed by atoms with Crippen molar-refractivity contribution in [2.45, 2.75) is 19.3 Å². The van der Waals surface area contributed by atoms with Crippen LogP contribution in [-0.2, 0) is 11.2 Å². The zero-order valence-electron chi connectivity index (χ0n) is 16.1. The van der Waals surface area contributed by atoms with Crippen LogP contribution in [0, 0.1) is 11.3 Å². The molecule has 29 heavy (non-hydrogen) atoms. The van der Waals surface area contributed by atoms with Crippen molar-refractivity contribution in [1.82, 2.24) is 24.8 Å². The van der Waals surface area contributed by atoms with Crippen molar-refractivity contribution < 1.29 is 9.59 Å². The lowest BCUT2D eigenvalue weighted by molar-refractivity contribution is -0.139. The lowest BCUT2D eigenvalue weighted by atomic mass is 9.73. The van der Waals surface area contributed by atoms with Gasteiger partial charge in [-0.2, -0.15) is 5.10 Å². The molecule has 2 amide bonds. The molecule has 1 saturated carbocycles. The molecule has 1 aromatic carbocycles. The number of amides is 2.